The number of rotatable bonds is 9. The first kappa shape index (κ1) is 20.8. The molecule has 3 aromatic rings. The Hall–Kier alpha value is -2.95. The van der Waals surface area contributed by atoms with Gasteiger partial charge < -0.3 is 15.0 Å². The highest BCUT2D eigenvalue weighted by Gasteiger charge is 2.21. The zero-order valence-electron chi connectivity index (χ0n) is 17.0. The fourth-order valence-corrected chi connectivity index (χ4v) is 3.05. The van der Waals surface area contributed by atoms with Crippen molar-refractivity contribution in [3.8, 4) is 11.1 Å². The minimum Gasteiger partial charge on any atom is -0.359 e. The van der Waals surface area contributed by atoms with Gasteiger partial charge in [0.1, 0.15) is 0 Å². The number of hydrogen-bond acceptors (Lipinski definition) is 3. The van der Waals surface area contributed by atoms with Crippen molar-refractivity contribution < 1.29 is 9.53 Å². The van der Waals surface area contributed by atoms with Crippen LogP contribution < -0.4 is 5.32 Å². The third-order valence-corrected chi connectivity index (χ3v) is 4.68. The zero-order valence-corrected chi connectivity index (χ0v) is 17.0. The van der Waals surface area contributed by atoms with E-state index in [1.807, 2.05) is 79.7 Å². The van der Waals surface area contributed by atoms with Gasteiger partial charge in [0.05, 0.1) is 6.61 Å². The summed E-state index contributed by atoms with van der Waals surface area (Å²) in [6.45, 7) is 1.74. The van der Waals surface area contributed by atoms with Crippen LogP contribution in [0.5, 0.6) is 0 Å². The minimum atomic E-state index is -0.632. The number of benzene rings is 3. The van der Waals surface area contributed by atoms with Crippen LogP contribution in [0.25, 0.3) is 11.1 Å². The van der Waals surface area contributed by atoms with Gasteiger partial charge in [0.15, 0.2) is 6.10 Å². The van der Waals surface area contributed by atoms with Crippen LogP contribution in [0.15, 0.2) is 84.9 Å². The van der Waals surface area contributed by atoms with Crippen molar-refractivity contribution in [1.82, 2.24) is 10.2 Å². The number of ether oxygens (including phenoxy) is 1. The highest BCUT2D eigenvalue weighted by atomic mass is 16.5. The lowest BCUT2D eigenvalue weighted by molar-refractivity contribution is -0.134. The maximum Gasteiger partial charge on any atom is 0.253 e. The lowest BCUT2D eigenvalue weighted by Gasteiger charge is -2.19. The molecule has 3 aromatic carbocycles. The van der Waals surface area contributed by atoms with Crippen molar-refractivity contribution in [2.45, 2.75) is 12.7 Å². The second kappa shape index (κ2) is 10.6. The second-order valence-corrected chi connectivity index (χ2v) is 7.26. The van der Waals surface area contributed by atoms with Crippen LogP contribution in [0.4, 0.5) is 0 Å². The molecule has 0 aliphatic rings. The van der Waals surface area contributed by atoms with Crippen LogP contribution in [0.3, 0.4) is 0 Å². The van der Waals surface area contributed by atoms with Gasteiger partial charge in [-0.2, -0.15) is 0 Å². The average molecular weight is 389 g/mol. The van der Waals surface area contributed by atoms with Crippen LogP contribution >= 0.6 is 0 Å². The summed E-state index contributed by atoms with van der Waals surface area (Å²) in [5.74, 6) is -0.112. The predicted octanol–water partition coefficient (Wildman–Crippen LogP) is 4.29. The number of carbonyl (C=O) groups is 1. The summed E-state index contributed by atoms with van der Waals surface area (Å²) in [5.41, 5.74) is 4.24. The second-order valence-electron chi connectivity index (χ2n) is 7.26. The molecule has 1 N–H and O–H groups in total. The first-order chi connectivity index (χ1) is 14.1. The molecule has 1 amide bonds. The normalized spacial score (nSPS) is 12.0. The van der Waals surface area contributed by atoms with Crippen LogP contribution in [0, 0.1) is 0 Å². The molecule has 0 saturated carbocycles. The molecular weight excluding hydrogens is 360 g/mol. The molecule has 1 unspecified atom stereocenters. The van der Waals surface area contributed by atoms with Gasteiger partial charge in [-0.25, -0.2) is 0 Å². The summed E-state index contributed by atoms with van der Waals surface area (Å²) < 4.78 is 6.05. The standard InChI is InChI=1S/C25H28N2O2/c1-27(2)18-17-26-25(28)24(23-11-7-4-8-12-23)29-19-20-13-15-22(16-14-20)21-9-5-3-6-10-21/h3-16,24H,17-19H2,1-2H3,(H,26,28). The molecule has 0 saturated heterocycles. The molecule has 0 radical (unpaired) electrons. The van der Waals surface area contributed by atoms with E-state index in [1.165, 1.54) is 5.56 Å². The zero-order chi connectivity index (χ0) is 20.5. The maximum absolute atomic E-state index is 12.7. The summed E-state index contributed by atoms with van der Waals surface area (Å²) in [6, 6.07) is 28.2. The lowest BCUT2D eigenvalue weighted by Crippen LogP contribution is -2.35. The van der Waals surface area contributed by atoms with Gasteiger partial charge in [0, 0.05) is 13.1 Å². The Bertz CT molecular complexity index is 878. The molecular formula is C25H28N2O2. The molecule has 0 bridgehead atoms. The molecule has 0 heterocycles. The van der Waals surface area contributed by atoms with Gasteiger partial charge >= 0.3 is 0 Å². The Labute approximate surface area is 173 Å². The molecule has 150 valence electrons. The van der Waals surface area contributed by atoms with E-state index in [0.717, 1.165) is 23.2 Å². The van der Waals surface area contributed by atoms with Gasteiger partial charge in [0.2, 0.25) is 0 Å². The van der Waals surface area contributed by atoms with E-state index >= 15 is 0 Å². The number of amides is 1. The van der Waals surface area contributed by atoms with Gasteiger partial charge in [0.25, 0.3) is 5.91 Å². The number of carbonyl (C=O) groups excluding carboxylic acids is 1. The van der Waals surface area contributed by atoms with Gasteiger partial charge in [-0.1, -0.05) is 84.9 Å². The quantitative estimate of drug-likeness (QED) is 0.595. The fourth-order valence-electron chi connectivity index (χ4n) is 3.05. The third kappa shape index (κ3) is 6.28. The van der Waals surface area contributed by atoms with E-state index in [2.05, 4.69) is 29.6 Å². The molecule has 0 fully saturated rings. The lowest BCUT2D eigenvalue weighted by atomic mass is 10.0. The molecule has 1 atom stereocenters. The van der Waals surface area contributed by atoms with E-state index in [1.54, 1.807) is 0 Å². The average Bonchev–Trinajstić information content (AvgIpc) is 2.75. The monoisotopic (exact) mass is 388 g/mol. The molecule has 4 heteroatoms. The van der Waals surface area contributed by atoms with E-state index < -0.39 is 6.10 Å². The molecule has 0 aliphatic carbocycles. The van der Waals surface area contributed by atoms with Crippen LogP contribution in [-0.2, 0) is 16.1 Å². The Morgan fingerprint density at radius 2 is 1.45 bits per heavy atom. The van der Waals surface area contributed by atoms with Crippen LogP contribution in [-0.4, -0.2) is 38.0 Å². The van der Waals surface area contributed by atoms with E-state index in [0.29, 0.717) is 13.2 Å². The van der Waals surface area contributed by atoms with Crippen molar-refractivity contribution in [3.63, 3.8) is 0 Å². The van der Waals surface area contributed by atoms with E-state index in [4.69, 9.17) is 4.74 Å². The Balaban J connectivity index is 1.65. The molecule has 29 heavy (non-hydrogen) atoms. The Kier molecular flexibility index (Phi) is 7.56. The van der Waals surface area contributed by atoms with Gasteiger partial charge in [-0.15, -0.1) is 0 Å². The third-order valence-electron chi connectivity index (χ3n) is 4.68. The first-order valence-electron chi connectivity index (χ1n) is 9.87. The number of hydrogen-bond donors (Lipinski definition) is 1. The molecule has 0 aliphatic heterocycles. The maximum atomic E-state index is 12.7. The van der Waals surface area contributed by atoms with Crippen molar-refractivity contribution >= 4 is 5.91 Å². The fraction of sp³-hybridized carbons (Fsp3) is 0.240. The van der Waals surface area contributed by atoms with Gasteiger partial charge in [-0.05, 0) is 36.3 Å². The summed E-state index contributed by atoms with van der Waals surface area (Å²) >= 11 is 0. The molecule has 0 spiro atoms. The van der Waals surface area contributed by atoms with Crippen molar-refractivity contribution in [2.75, 3.05) is 27.2 Å². The molecule has 0 aromatic heterocycles. The Morgan fingerprint density at radius 3 is 2.07 bits per heavy atom. The number of nitrogens with one attached hydrogen (secondary N) is 1. The van der Waals surface area contributed by atoms with Crippen LogP contribution in [0.1, 0.15) is 17.2 Å². The van der Waals surface area contributed by atoms with Crippen molar-refractivity contribution in [1.29, 1.82) is 0 Å². The highest BCUT2D eigenvalue weighted by molar-refractivity contribution is 5.82. The van der Waals surface area contributed by atoms with Crippen molar-refractivity contribution in [2.24, 2.45) is 0 Å². The Morgan fingerprint density at radius 1 is 0.862 bits per heavy atom. The minimum absolute atomic E-state index is 0.112. The summed E-state index contributed by atoms with van der Waals surface area (Å²) in [4.78, 5) is 14.8. The topological polar surface area (TPSA) is 41.6 Å². The first-order valence-corrected chi connectivity index (χ1v) is 9.87. The van der Waals surface area contributed by atoms with E-state index in [9.17, 15) is 4.79 Å². The van der Waals surface area contributed by atoms with E-state index in [-0.39, 0.29) is 5.91 Å². The summed E-state index contributed by atoms with van der Waals surface area (Å²) in [5, 5.41) is 2.97. The predicted molar refractivity (Wildman–Crippen MR) is 117 cm³/mol. The highest BCUT2D eigenvalue weighted by Crippen LogP contribution is 2.22. The van der Waals surface area contributed by atoms with Crippen molar-refractivity contribution in [3.05, 3.63) is 96.1 Å². The summed E-state index contributed by atoms with van der Waals surface area (Å²) in [6.07, 6.45) is -0.632. The summed E-state index contributed by atoms with van der Waals surface area (Å²) in [7, 11) is 3.97. The SMILES string of the molecule is CN(C)CCNC(=O)C(OCc1ccc(-c2ccccc2)cc1)c1ccccc1. The number of likely N-dealkylation sites (N-methyl/N-ethyl adjacent to an activating group) is 1. The smallest absolute Gasteiger partial charge is 0.253 e. The van der Waals surface area contributed by atoms with Crippen LogP contribution in [0.2, 0.25) is 0 Å². The number of nitrogens with zero attached hydrogens (tertiary/aromatic N) is 1. The largest absolute Gasteiger partial charge is 0.359 e. The molecule has 4 nitrogen and oxygen atoms in total. The van der Waals surface area contributed by atoms with Gasteiger partial charge in [-0.3, -0.25) is 4.79 Å². The molecule has 3 rings (SSSR count).